The number of rotatable bonds is 4. The van der Waals surface area contributed by atoms with Crippen LogP contribution in [0.5, 0.6) is 0 Å². The fourth-order valence-electron chi connectivity index (χ4n) is 2.98. The van der Waals surface area contributed by atoms with Crippen molar-refractivity contribution in [2.24, 2.45) is 17.6 Å². The lowest BCUT2D eigenvalue weighted by molar-refractivity contribution is -0.126. The molecule has 3 rings (SSSR count). The van der Waals surface area contributed by atoms with Crippen LogP contribution < -0.4 is 11.1 Å². The van der Waals surface area contributed by atoms with Gasteiger partial charge in [0, 0.05) is 10.9 Å². The normalized spacial score (nSPS) is 20.8. The molecular weight excluding hydrogens is 341 g/mol. The second-order valence-corrected chi connectivity index (χ2v) is 7.02. The third-order valence-corrected chi connectivity index (χ3v) is 5.38. The minimum absolute atomic E-state index is 0. The molecule has 1 aliphatic rings. The Morgan fingerprint density at radius 3 is 3.05 bits per heavy atom. The number of hydrogen-bond donors (Lipinski definition) is 2. The average molecular weight is 360 g/mol. The highest BCUT2D eigenvalue weighted by Gasteiger charge is 2.31. The predicted molar refractivity (Wildman–Crippen MR) is 93.6 cm³/mol. The number of nitrogens with two attached hydrogens (primary N) is 1. The van der Waals surface area contributed by atoms with Gasteiger partial charge in [0.25, 0.3) is 0 Å². The van der Waals surface area contributed by atoms with Gasteiger partial charge in [0.2, 0.25) is 5.91 Å². The van der Waals surface area contributed by atoms with Crippen LogP contribution in [0.1, 0.15) is 24.3 Å². The highest BCUT2D eigenvalue weighted by molar-refractivity contribution is 7.18. The Morgan fingerprint density at radius 2 is 2.27 bits per heavy atom. The molecule has 0 radical (unpaired) electrons. The molecule has 1 amide bonds. The molecule has 0 aliphatic heterocycles. The Bertz CT molecular complexity index is 661. The first kappa shape index (κ1) is 17.5. The molecule has 1 saturated carbocycles. The zero-order valence-electron chi connectivity index (χ0n) is 12.0. The fourth-order valence-corrected chi connectivity index (χ4v) is 4.04. The maximum Gasteiger partial charge on any atom is 0.223 e. The maximum atomic E-state index is 12.2. The maximum absolute atomic E-state index is 12.2. The van der Waals surface area contributed by atoms with Gasteiger partial charge in [-0.15, -0.1) is 23.7 Å². The molecule has 22 heavy (non-hydrogen) atoms. The highest BCUT2D eigenvalue weighted by atomic mass is 35.5. The number of carbonyl (C=O) groups excluding carboxylic acids is 1. The SMILES string of the molecule is Cl.NC[C@H]1CCC[C@H]1C(=O)NCc1nc2cc(Cl)ccc2s1. The minimum atomic E-state index is 0. The molecule has 0 bridgehead atoms. The minimum Gasteiger partial charge on any atom is -0.349 e. The van der Waals surface area contributed by atoms with Crippen molar-refractivity contribution in [3.8, 4) is 0 Å². The van der Waals surface area contributed by atoms with E-state index in [9.17, 15) is 4.79 Å². The lowest BCUT2D eigenvalue weighted by atomic mass is 9.95. The number of carbonyl (C=O) groups is 1. The van der Waals surface area contributed by atoms with Crippen molar-refractivity contribution >= 4 is 51.5 Å². The van der Waals surface area contributed by atoms with Crippen LogP contribution in [0.4, 0.5) is 0 Å². The van der Waals surface area contributed by atoms with Gasteiger partial charge < -0.3 is 11.1 Å². The molecule has 1 aromatic carbocycles. The van der Waals surface area contributed by atoms with Crippen molar-refractivity contribution in [3.63, 3.8) is 0 Å². The van der Waals surface area contributed by atoms with Crippen LogP contribution in [0.15, 0.2) is 18.2 Å². The predicted octanol–water partition coefficient (Wildman–Crippen LogP) is 3.36. The van der Waals surface area contributed by atoms with Gasteiger partial charge in [0.05, 0.1) is 16.8 Å². The third-order valence-electron chi connectivity index (χ3n) is 4.11. The summed E-state index contributed by atoms with van der Waals surface area (Å²) in [6.45, 7) is 1.07. The van der Waals surface area contributed by atoms with E-state index in [0.717, 1.165) is 34.5 Å². The number of benzene rings is 1. The molecule has 1 aromatic heterocycles. The van der Waals surface area contributed by atoms with E-state index in [1.165, 1.54) is 0 Å². The second kappa shape index (κ2) is 7.59. The topological polar surface area (TPSA) is 68.0 Å². The van der Waals surface area contributed by atoms with Crippen LogP contribution in [0.3, 0.4) is 0 Å². The van der Waals surface area contributed by atoms with E-state index in [1.54, 1.807) is 11.3 Å². The molecule has 3 N–H and O–H groups in total. The van der Waals surface area contributed by atoms with Gasteiger partial charge in [-0.3, -0.25) is 4.79 Å². The van der Waals surface area contributed by atoms with Crippen molar-refractivity contribution in [2.75, 3.05) is 6.54 Å². The molecule has 2 aromatic rings. The van der Waals surface area contributed by atoms with Crippen molar-refractivity contribution in [3.05, 3.63) is 28.2 Å². The Morgan fingerprint density at radius 1 is 1.45 bits per heavy atom. The zero-order valence-corrected chi connectivity index (χ0v) is 14.4. The Kier molecular flexibility index (Phi) is 6.03. The first-order chi connectivity index (χ1) is 10.2. The van der Waals surface area contributed by atoms with Gasteiger partial charge >= 0.3 is 0 Å². The molecule has 120 valence electrons. The molecule has 0 spiro atoms. The van der Waals surface area contributed by atoms with Crippen molar-refractivity contribution in [1.82, 2.24) is 10.3 Å². The van der Waals surface area contributed by atoms with E-state index in [-0.39, 0.29) is 24.2 Å². The van der Waals surface area contributed by atoms with Crippen LogP contribution in [-0.2, 0) is 11.3 Å². The van der Waals surface area contributed by atoms with Crippen molar-refractivity contribution < 1.29 is 4.79 Å². The van der Waals surface area contributed by atoms with Gasteiger partial charge in [-0.1, -0.05) is 18.0 Å². The average Bonchev–Trinajstić information content (AvgIpc) is 3.10. The lowest BCUT2D eigenvalue weighted by Gasteiger charge is -2.16. The number of halogens is 2. The second-order valence-electron chi connectivity index (χ2n) is 5.47. The van der Waals surface area contributed by atoms with Gasteiger partial charge in [-0.2, -0.15) is 0 Å². The third kappa shape index (κ3) is 3.71. The number of hydrogen-bond acceptors (Lipinski definition) is 4. The van der Waals surface area contributed by atoms with Gasteiger partial charge in [0.15, 0.2) is 0 Å². The Hall–Kier alpha value is -0.880. The molecule has 4 nitrogen and oxygen atoms in total. The summed E-state index contributed by atoms with van der Waals surface area (Å²) >= 11 is 7.54. The lowest BCUT2D eigenvalue weighted by Crippen LogP contribution is -2.34. The van der Waals surface area contributed by atoms with Crippen LogP contribution >= 0.6 is 35.3 Å². The first-order valence-electron chi connectivity index (χ1n) is 7.20. The van der Waals surface area contributed by atoms with Crippen LogP contribution in [0, 0.1) is 11.8 Å². The number of fused-ring (bicyclic) bond motifs is 1. The summed E-state index contributed by atoms with van der Waals surface area (Å²) < 4.78 is 1.09. The van der Waals surface area contributed by atoms with E-state index < -0.39 is 0 Å². The van der Waals surface area contributed by atoms with Gasteiger partial charge in [-0.05, 0) is 43.5 Å². The Labute approximate surface area is 144 Å². The summed E-state index contributed by atoms with van der Waals surface area (Å²) in [5.74, 6) is 0.512. The highest BCUT2D eigenvalue weighted by Crippen LogP contribution is 2.31. The monoisotopic (exact) mass is 359 g/mol. The number of amides is 1. The number of nitrogens with zero attached hydrogens (tertiary/aromatic N) is 1. The molecule has 1 aliphatic carbocycles. The summed E-state index contributed by atoms with van der Waals surface area (Å²) in [7, 11) is 0. The number of aromatic nitrogens is 1. The molecule has 2 atom stereocenters. The van der Waals surface area contributed by atoms with E-state index >= 15 is 0 Å². The van der Waals surface area contributed by atoms with E-state index in [1.807, 2.05) is 18.2 Å². The van der Waals surface area contributed by atoms with Crippen LogP contribution in [-0.4, -0.2) is 17.4 Å². The molecule has 0 unspecified atom stereocenters. The van der Waals surface area contributed by atoms with Crippen molar-refractivity contribution in [1.29, 1.82) is 0 Å². The summed E-state index contributed by atoms with van der Waals surface area (Å²) in [5, 5.41) is 4.59. The van der Waals surface area contributed by atoms with E-state index in [4.69, 9.17) is 17.3 Å². The van der Waals surface area contributed by atoms with E-state index in [2.05, 4.69) is 10.3 Å². The Balaban J connectivity index is 0.00000176. The summed E-state index contributed by atoms with van der Waals surface area (Å²) in [4.78, 5) is 16.8. The standard InChI is InChI=1S/C15H18ClN3OS.ClH/c16-10-4-5-13-12(6-10)19-14(21-13)8-18-15(20)11-3-1-2-9(11)7-17;/h4-6,9,11H,1-3,7-8,17H2,(H,18,20);1H/t9-,11-;/m1./s1. The molecule has 0 saturated heterocycles. The van der Waals surface area contributed by atoms with Crippen LogP contribution in [0.2, 0.25) is 5.02 Å². The zero-order chi connectivity index (χ0) is 14.8. The number of thiazole rings is 1. The van der Waals surface area contributed by atoms with E-state index in [0.29, 0.717) is 24.0 Å². The van der Waals surface area contributed by atoms with Gasteiger partial charge in [0.1, 0.15) is 5.01 Å². The largest absolute Gasteiger partial charge is 0.349 e. The number of nitrogens with one attached hydrogen (secondary N) is 1. The quantitative estimate of drug-likeness (QED) is 0.879. The summed E-state index contributed by atoms with van der Waals surface area (Å²) in [6.07, 6.45) is 3.11. The summed E-state index contributed by atoms with van der Waals surface area (Å²) in [6, 6.07) is 5.66. The molecule has 1 fully saturated rings. The first-order valence-corrected chi connectivity index (χ1v) is 8.39. The molecular formula is C15H19Cl2N3OS. The summed E-state index contributed by atoms with van der Waals surface area (Å²) in [5.41, 5.74) is 6.62. The molecule has 7 heteroatoms. The van der Waals surface area contributed by atoms with Crippen molar-refractivity contribution in [2.45, 2.75) is 25.8 Å². The fraction of sp³-hybridized carbons (Fsp3) is 0.467. The van der Waals surface area contributed by atoms with Crippen LogP contribution in [0.25, 0.3) is 10.2 Å². The smallest absolute Gasteiger partial charge is 0.223 e. The molecule has 1 heterocycles. The van der Waals surface area contributed by atoms with Gasteiger partial charge in [-0.25, -0.2) is 4.98 Å².